The zero-order chi connectivity index (χ0) is 13.2. The molecule has 3 nitrogen and oxygen atoms in total. The van der Waals surface area contributed by atoms with Crippen molar-refractivity contribution in [2.24, 2.45) is 5.73 Å². The summed E-state index contributed by atoms with van der Waals surface area (Å²) in [6.07, 6.45) is -7.78. The molecule has 1 rings (SSSR count). The average molecular weight is 368 g/mol. The maximum absolute atomic E-state index is 12.6. The number of pyridine rings is 1. The molecule has 0 aliphatic rings. The standard InChI is InChI=1S/C8H6F5IN2O/c9-7(10)6-3(14)1-5(16-4(6)2-15)17-8(11,12)13/h1,7H,2,15H2. The largest absolute Gasteiger partial charge is 0.574 e. The highest BCUT2D eigenvalue weighted by molar-refractivity contribution is 14.1. The molecule has 0 aliphatic carbocycles. The van der Waals surface area contributed by atoms with Crippen LogP contribution >= 0.6 is 22.6 Å². The van der Waals surface area contributed by atoms with Gasteiger partial charge in [0.05, 0.1) is 11.3 Å². The van der Waals surface area contributed by atoms with Crippen LogP contribution in [0.5, 0.6) is 5.88 Å². The summed E-state index contributed by atoms with van der Waals surface area (Å²) in [6.45, 7) is -0.398. The second kappa shape index (κ2) is 5.29. The highest BCUT2D eigenvalue weighted by Crippen LogP contribution is 2.31. The van der Waals surface area contributed by atoms with E-state index < -0.39 is 30.8 Å². The molecule has 0 fully saturated rings. The number of aromatic nitrogens is 1. The number of ether oxygens (including phenoxy) is 1. The Kier molecular flexibility index (Phi) is 4.47. The molecule has 0 saturated carbocycles. The van der Waals surface area contributed by atoms with Crippen molar-refractivity contribution in [2.75, 3.05) is 0 Å². The third-order valence-electron chi connectivity index (χ3n) is 1.70. The van der Waals surface area contributed by atoms with Crippen molar-refractivity contribution in [3.8, 4) is 5.88 Å². The minimum atomic E-state index is -4.92. The molecule has 1 heterocycles. The van der Waals surface area contributed by atoms with Gasteiger partial charge in [-0.2, -0.15) is 0 Å². The van der Waals surface area contributed by atoms with Crippen LogP contribution in [0.25, 0.3) is 0 Å². The van der Waals surface area contributed by atoms with Crippen LogP contribution in [0.1, 0.15) is 17.7 Å². The van der Waals surface area contributed by atoms with Crippen molar-refractivity contribution >= 4 is 22.6 Å². The number of alkyl halides is 5. The molecule has 0 unspecified atom stereocenters. The first-order valence-corrected chi connectivity index (χ1v) is 5.25. The summed E-state index contributed by atoms with van der Waals surface area (Å²) in [6, 6.07) is 0.786. The second-order valence-corrected chi connectivity index (χ2v) is 4.02. The van der Waals surface area contributed by atoms with Gasteiger partial charge in [0.25, 0.3) is 6.43 Å². The molecule has 0 amide bonds. The van der Waals surface area contributed by atoms with Crippen molar-refractivity contribution in [1.82, 2.24) is 4.98 Å². The average Bonchev–Trinajstić information content (AvgIpc) is 2.12. The molecule has 0 aliphatic heterocycles. The lowest BCUT2D eigenvalue weighted by molar-refractivity contribution is -0.276. The van der Waals surface area contributed by atoms with Crippen LogP contribution < -0.4 is 10.5 Å². The maximum Gasteiger partial charge on any atom is 0.574 e. The Morgan fingerprint density at radius 2 is 2.00 bits per heavy atom. The minimum absolute atomic E-state index is 0.0766. The number of halogens is 6. The molecule has 0 aromatic carbocycles. The van der Waals surface area contributed by atoms with E-state index in [0.29, 0.717) is 0 Å². The first kappa shape index (κ1) is 14.4. The molecule has 0 bridgehead atoms. The first-order valence-electron chi connectivity index (χ1n) is 4.18. The highest BCUT2D eigenvalue weighted by Gasteiger charge is 2.32. The Morgan fingerprint density at radius 3 is 2.41 bits per heavy atom. The Morgan fingerprint density at radius 1 is 1.41 bits per heavy atom. The molecular weight excluding hydrogens is 362 g/mol. The summed E-state index contributed by atoms with van der Waals surface area (Å²) in [5.74, 6) is -0.799. The van der Waals surface area contributed by atoms with E-state index in [2.05, 4.69) is 9.72 Å². The monoisotopic (exact) mass is 368 g/mol. The van der Waals surface area contributed by atoms with E-state index in [-0.39, 0.29) is 9.26 Å². The summed E-state index contributed by atoms with van der Waals surface area (Å²) >= 11 is 1.48. The third kappa shape index (κ3) is 3.91. The number of rotatable bonds is 3. The highest BCUT2D eigenvalue weighted by atomic mass is 127. The molecular formula is C8H6F5IN2O. The van der Waals surface area contributed by atoms with Gasteiger partial charge in [0.2, 0.25) is 5.88 Å². The fourth-order valence-electron chi connectivity index (χ4n) is 1.11. The summed E-state index contributed by atoms with van der Waals surface area (Å²) in [5, 5.41) is 0. The molecule has 0 radical (unpaired) electrons. The van der Waals surface area contributed by atoms with E-state index in [9.17, 15) is 22.0 Å². The van der Waals surface area contributed by atoms with Crippen LogP contribution in [-0.2, 0) is 6.54 Å². The van der Waals surface area contributed by atoms with E-state index in [1.807, 2.05) is 0 Å². The van der Waals surface area contributed by atoms with Gasteiger partial charge in [0.1, 0.15) is 0 Å². The topological polar surface area (TPSA) is 48.1 Å². The summed E-state index contributed by atoms with van der Waals surface area (Å²) < 4.78 is 64.4. The number of hydrogen-bond donors (Lipinski definition) is 1. The van der Waals surface area contributed by atoms with Gasteiger partial charge in [-0.1, -0.05) is 0 Å². The summed E-state index contributed by atoms with van der Waals surface area (Å²) in [7, 11) is 0. The van der Waals surface area contributed by atoms with Crippen molar-refractivity contribution in [2.45, 2.75) is 19.3 Å². The lowest BCUT2D eigenvalue weighted by Crippen LogP contribution is -2.19. The lowest BCUT2D eigenvalue weighted by Gasteiger charge is -2.13. The Bertz CT molecular complexity index is 410. The normalized spacial score (nSPS) is 12.0. The van der Waals surface area contributed by atoms with Gasteiger partial charge < -0.3 is 10.5 Å². The Balaban J connectivity index is 3.18. The van der Waals surface area contributed by atoms with Gasteiger partial charge >= 0.3 is 6.36 Å². The predicted octanol–water partition coefficient (Wildman–Crippen LogP) is 2.98. The van der Waals surface area contributed by atoms with Gasteiger partial charge in [0, 0.05) is 16.2 Å². The fourth-order valence-corrected chi connectivity index (χ4v) is 1.92. The quantitative estimate of drug-likeness (QED) is 0.659. The minimum Gasteiger partial charge on any atom is -0.388 e. The van der Waals surface area contributed by atoms with Crippen molar-refractivity contribution in [3.63, 3.8) is 0 Å². The molecule has 2 N–H and O–H groups in total. The van der Waals surface area contributed by atoms with Gasteiger partial charge in [-0.15, -0.1) is 13.2 Å². The predicted molar refractivity (Wildman–Crippen MR) is 56.5 cm³/mol. The molecule has 9 heteroatoms. The maximum atomic E-state index is 12.6. The third-order valence-corrected chi connectivity index (χ3v) is 2.59. The Labute approximate surface area is 106 Å². The SMILES string of the molecule is NCc1nc(OC(F)(F)F)cc(I)c1C(F)F. The van der Waals surface area contributed by atoms with Crippen molar-refractivity contribution in [1.29, 1.82) is 0 Å². The number of nitrogens with zero attached hydrogens (tertiary/aromatic N) is 1. The molecule has 1 aromatic rings. The van der Waals surface area contributed by atoms with Crippen LogP contribution in [0.3, 0.4) is 0 Å². The molecule has 17 heavy (non-hydrogen) atoms. The summed E-state index contributed by atoms with van der Waals surface area (Å²) in [5.41, 5.74) is 4.37. The lowest BCUT2D eigenvalue weighted by atomic mass is 10.2. The van der Waals surface area contributed by atoms with Gasteiger partial charge in [-0.25, -0.2) is 13.8 Å². The van der Waals surface area contributed by atoms with Crippen molar-refractivity contribution < 1.29 is 26.7 Å². The van der Waals surface area contributed by atoms with E-state index in [4.69, 9.17) is 5.73 Å². The van der Waals surface area contributed by atoms with Crippen LogP contribution in [0.4, 0.5) is 22.0 Å². The summed E-state index contributed by atoms with van der Waals surface area (Å²) in [4.78, 5) is 3.31. The van der Waals surface area contributed by atoms with Gasteiger partial charge in [0.15, 0.2) is 0 Å². The van der Waals surface area contributed by atoms with E-state index in [0.717, 1.165) is 6.07 Å². The molecule has 1 aromatic heterocycles. The zero-order valence-corrected chi connectivity index (χ0v) is 10.2. The van der Waals surface area contributed by atoms with E-state index >= 15 is 0 Å². The Hall–Kier alpha value is -0.710. The zero-order valence-electron chi connectivity index (χ0n) is 8.06. The van der Waals surface area contributed by atoms with E-state index in [1.165, 1.54) is 22.6 Å². The number of nitrogens with two attached hydrogens (primary N) is 1. The van der Waals surface area contributed by atoms with E-state index in [1.54, 1.807) is 0 Å². The molecule has 0 spiro atoms. The molecule has 0 saturated heterocycles. The number of hydrogen-bond acceptors (Lipinski definition) is 3. The van der Waals surface area contributed by atoms with Gasteiger partial charge in [-0.3, -0.25) is 0 Å². The van der Waals surface area contributed by atoms with Crippen LogP contribution in [-0.4, -0.2) is 11.3 Å². The first-order chi connectivity index (χ1) is 7.74. The fraction of sp³-hybridized carbons (Fsp3) is 0.375. The van der Waals surface area contributed by atoms with Crippen LogP contribution in [0, 0.1) is 3.57 Å². The van der Waals surface area contributed by atoms with Gasteiger partial charge in [-0.05, 0) is 22.6 Å². The second-order valence-electron chi connectivity index (χ2n) is 2.86. The molecule has 0 atom stereocenters. The van der Waals surface area contributed by atoms with Crippen LogP contribution in [0.15, 0.2) is 6.07 Å². The van der Waals surface area contributed by atoms with Crippen molar-refractivity contribution in [3.05, 3.63) is 20.9 Å². The molecule has 96 valence electrons. The van der Waals surface area contributed by atoms with Crippen LogP contribution in [0.2, 0.25) is 0 Å². The smallest absolute Gasteiger partial charge is 0.388 e.